The van der Waals surface area contributed by atoms with Crippen molar-refractivity contribution < 1.29 is 9.18 Å². The number of hydrogen-bond acceptors (Lipinski definition) is 6. The fourth-order valence-electron chi connectivity index (χ4n) is 6.85. The number of carbonyl (C=O) groups excluding carboxylic acids is 1. The first-order valence-electron chi connectivity index (χ1n) is 15.8. The van der Waals surface area contributed by atoms with E-state index in [1.807, 2.05) is 36.9 Å². The van der Waals surface area contributed by atoms with Crippen LogP contribution in [0.5, 0.6) is 0 Å². The van der Waals surface area contributed by atoms with Crippen LogP contribution in [0.4, 0.5) is 4.39 Å². The van der Waals surface area contributed by atoms with Gasteiger partial charge in [0.2, 0.25) is 0 Å². The van der Waals surface area contributed by atoms with Crippen LogP contribution in [-0.2, 0) is 0 Å². The smallest absolute Gasteiger partial charge is 0.333 e. The second-order valence-electron chi connectivity index (χ2n) is 12.4. The number of aryl methyl sites for hydroxylation is 2. The summed E-state index contributed by atoms with van der Waals surface area (Å²) in [6, 6.07) is 14.9. The molecule has 46 heavy (non-hydrogen) atoms. The highest BCUT2D eigenvalue weighted by molar-refractivity contribution is 7.99. The fraction of sp³-hybridized carbons (Fsp3) is 0.371. The molecular formula is C35H36FN5O3S2. The number of benzene rings is 2. The van der Waals surface area contributed by atoms with Gasteiger partial charge in [0, 0.05) is 50.1 Å². The molecule has 2 aliphatic rings. The summed E-state index contributed by atoms with van der Waals surface area (Å²) in [7, 11) is 0. The van der Waals surface area contributed by atoms with Crippen LogP contribution in [0.1, 0.15) is 72.2 Å². The molecule has 0 unspecified atom stereocenters. The molecule has 8 nitrogen and oxygen atoms in total. The van der Waals surface area contributed by atoms with Gasteiger partial charge in [-0.1, -0.05) is 29.5 Å². The zero-order valence-corrected chi connectivity index (χ0v) is 27.5. The zero-order valence-electron chi connectivity index (χ0n) is 25.8. The molecule has 5 aromatic rings. The van der Waals surface area contributed by atoms with Gasteiger partial charge in [0.05, 0.1) is 11.6 Å². The molecule has 4 heterocycles. The van der Waals surface area contributed by atoms with Crippen molar-refractivity contribution in [3.05, 3.63) is 98.2 Å². The van der Waals surface area contributed by atoms with Gasteiger partial charge in [-0.25, -0.2) is 14.2 Å². The van der Waals surface area contributed by atoms with Crippen molar-refractivity contribution >= 4 is 51.4 Å². The molecular weight excluding hydrogens is 622 g/mol. The number of rotatable bonds is 6. The first kappa shape index (κ1) is 30.8. The van der Waals surface area contributed by atoms with Crippen molar-refractivity contribution in [1.82, 2.24) is 24.4 Å². The lowest BCUT2D eigenvalue weighted by Crippen LogP contribution is -2.46. The number of amides is 1. The Morgan fingerprint density at radius 1 is 0.935 bits per heavy atom. The third kappa shape index (κ3) is 5.90. The van der Waals surface area contributed by atoms with E-state index in [0.717, 1.165) is 56.9 Å². The van der Waals surface area contributed by atoms with Gasteiger partial charge < -0.3 is 10.3 Å². The third-order valence-corrected chi connectivity index (χ3v) is 11.6. The van der Waals surface area contributed by atoms with Crippen LogP contribution < -0.4 is 16.6 Å². The summed E-state index contributed by atoms with van der Waals surface area (Å²) in [6.45, 7) is 4.12. The molecule has 0 bridgehead atoms. The lowest BCUT2D eigenvalue weighted by atomic mass is 9.90. The number of aromatic nitrogens is 4. The molecule has 0 atom stereocenters. The molecule has 7 rings (SSSR count). The number of H-pyrrole nitrogens is 1. The molecule has 0 radical (unpaired) electrons. The van der Waals surface area contributed by atoms with Gasteiger partial charge in [0.25, 0.3) is 11.5 Å². The Bertz CT molecular complexity index is 2060. The van der Waals surface area contributed by atoms with Crippen LogP contribution in [-0.4, -0.2) is 42.6 Å². The van der Waals surface area contributed by atoms with E-state index < -0.39 is 11.4 Å². The van der Waals surface area contributed by atoms with Crippen LogP contribution in [0.15, 0.2) is 74.1 Å². The van der Waals surface area contributed by atoms with Gasteiger partial charge in [0.1, 0.15) is 11.5 Å². The fourth-order valence-corrected chi connectivity index (χ4v) is 8.92. The highest BCUT2D eigenvalue weighted by Gasteiger charge is 2.30. The van der Waals surface area contributed by atoms with E-state index in [4.69, 9.17) is 0 Å². The average molecular weight is 658 g/mol. The minimum Gasteiger partial charge on any atom is -0.358 e. The van der Waals surface area contributed by atoms with Crippen molar-refractivity contribution in [2.45, 2.75) is 80.3 Å². The molecule has 0 spiro atoms. The number of fused-ring (bicyclic) bond motifs is 2. The molecule has 1 saturated carbocycles. The first-order valence-corrected chi connectivity index (χ1v) is 17.8. The van der Waals surface area contributed by atoms with Crippen LogP contribution >= 0.6 is 23.5 Å². The lowest BCUT2D eigenvalue weighted by Gasteiger charge is -2.31. The minimum atomic E-state index is -0.596. The van der Waals surface area contributed by atoms with E-state index in [1.165, 1.54) is 16.2 Å². The molecule has 1 amide bonds. The summed E-state index contributed by atoms with van der Waals surface area (Å²) in [5.74, 6) is 1.11. The molecule has 1 aliphatic carbocycles. The summed E-state index contributed by atoms with van der Waals surface area (Å²) in [5.41, 5.74) is 3.25. The number of nitrogens with one attached hydrogen (secondary N) is 2. The summed E-state index contributed by atoms with van der Waals surface area (Å²) >= 11 is 3.53. The van der Waals surface area contributed by atoms with E-state index in [-0.39, 0.29) is 40.8 Å². The largest absolute Gasteiger partial charge is 0.358 e. The van der Waals surface area contributed by atoms with Crippen molar-refractivity contribution in [2.24, 2.45) is 0 Å². The number of carbonyl (C=O) groups is 1. The Balaban J connectivity index is 1.09. The summed E-state index contributed by atoms with van der Waals surface area (Å²) in [6.07, 6.45) is 5.05. The van der Waals surface area contributed by atoms with Gasteiger partial charge in [-0.2, -0.15) is 11.8 Å². The maximum atomic E-state index is 14.3. The molecule has 2 fully saturated rings. The predicted octanol–water partition coefficient (Wildman–Crippen LogP) is 6.93. The van der Waals surface area contributed by atoms with E-state index in [9.17, 15) is 18.8 Å². The maximum absolute atomic E-state index is 14.3. The van der Waals surface area contributed by atoms with Crippen LogP contribution in [0.25, 0.3) is 21.9 Å². The highest BCUT2D eigenvalue weighted by Crippen LogP contribution is 2.37. The zero-order chi connectivity index (χ0) is 31.9. The number of halogens is 1. The minimum absolute atomic E-state index is 0.0753. The topological polar surface area (TPSA) is 102 Å². The Kier molecular flexibility index (Phi) is 8.54. The average Bonchev–Trinajstić information content (AvgIpc) is 3.37. The van der Waals surface area contributed by atoms with E-state index in [1.54, 1.807) is 16.3 Å². The molecule has 11 heteroatoms. The van der Waals surface area contributed by atoms with Crippen molar-refractivity contribution in [3.63, 3.8) is 0 Å². The number of nitrogens with zero attached hydrogens (tertiary/aromatic N) is 3. The van der Waals surface area contributed by atoms with Gasteiger partial charge in [-0.15, -0.1) is 0 Å². The Morgan fingerprint density at radius 3 is 2.39 bits per heavy atom. The highest BCUT2D eigenvalue weighted by atomic mass is 32.2. The second-order valence-corrected chi connectivity index (χ2v) is 14.7. The van der Waals surface area contributed by atoms with Crippen molar-refractivity contribution in [1.29, 1.82) is 0 Å². The Hall–Kier alpha value is -3.83. The lowest BCUT2D eigenvalue weighted by molar-refractivity contribution is 0.0922. The first-order chi connectivity index (χ1) is 22.3. The summed E-state index contributed by atoms with van der Waals surface area (Å²) in [4.78, 5) is 50.8. The summed E-state index contributed by atoms with van der Waals surface area (Å²) < 4.78 is 17.2. The molecule has 2 aromatic carbocycles. The molecule has 3 aromatic heterocycles. The normalized spacial score (nSPS) is 19.1. The van der Waals surface area contributed by atoms with Crippen LogP contribution in [0.2, 0.25) is 0 Å². The van der Waals surface area contributed by atoms with Crippen molar-refractivity contribution in [2.75, 3.05) is 11.5 Å². The van der Waals surface area contributed by atoms with Gasteiger partial charge in [0.15, 0.2) is 0 Å². The summed E-state index contributed by atoms with van der Waals surface area (Å²) in [5, 5.41) is 4.35. The standard InChI is InChI=1S/C35H36FN5O3S2/c1-20-3-10-27(11-4-20)46-31-21(2)38-30-12-5-22(17-28(30)31)33(42)39-24-6-8-25(9-7-24)41-34(43)29-18-23(36)19-37-32(29)40(35(41)44)26-13-15-45-16-14-26/h3-5,10-12,17-19,24-26,38H,6-9,13-16H2,1-2H3,(H,39,42). The Morgan fingerprint density at radius 2 is 1.65 bits per heavy atom. The predicted molar refractivity (Wildman–Crippen MR) is 183 cm³/mol. The number of aromatic amines is 1. The SMILES string of the molecule is Cc1ccc(Sc2c(C)[nH]c3ccc(C(=O)NC4CCC(n5c(=O)c6cc(F)cnc6n(C6CCSCC6)c5=O)CC4)cc23)cc1. The van der Waals surface area contributed by atoms with E-state index in [2.05, 4.69) is 46.5 Å². The molecule has 1 aliphatic heterocycles. The number of thioether (sulfide) groups is 1. The van der Waals surface area contributed by atoms with Gasteiger partial charge in [-0.3, -0.25) is 18.7 Å². The quantitative estimate of drug-likeness (QED) is 0.206. The van der Waals surface area contributed by atoms with Crippen LogP contribution in [0, 0.1) is 19.7 Å². The van der Waals surface area contributed by atoms with Crippen molar-refractivity contribution in [3.8, 4) is 0 Å². The van der Waals surface area contributed by atoms with Gasteiger partial charge in [-0.05, 0) is 100 Å². The van der Waals surface area contributed by atoms with E-state index in [0.29, 0.717) is 31.2 Å². The maximum Gasteiger partial charge on any atom is 0.333 e. The van der Waals surface area contributed by atoms with E-state index >= 15 is 0 Å². The molecule has 1 saturated heterocycles. The number of hydrogen-bond donors (Lipinski definition) is 2. The third-order valence-electron chi connectivity index (χ3n) is 9.31. The molecule has 238 valence electrons. The molecule has 2 N–H and O–H groups in total. The van der Waals surface area contributed by atoms with Crippen LogP contribution in [0.3, 0.4) is 0 Å². The second kappa shape index (κ2) is 12.8. The van der Waals surface area contributed by atoms with Gasteiger partial charge >= 0.3 is 5.69 Å². The monoisotopic (exact) mass is 657 g/mol. The Labute approximate surface area is 274 Å². The number of pyridine rings is 1.